The van der Waals surface area contributed by atoms with Gasteiger partial charge in [-0.05, 0) is 19.4 Å². The van der Waals surface area contributed by atoms with Crippen LogP contribution in [0.25, 0.3) is 6.08 Å². The molecule has 0 amide bonds. The Labute approximate surface area is 98.3 Å². The van der Waals surface area contributed by atoms with Crippen LogP contribution in [-0.4, -0.2) is 0 Å². The quantitative estimate of drug-likeness (QED) is 0.627. The van der Waals surface area contributed by atoms with E-state index in [9.17, 15) is 0 Å². The first-order chi connectivity index (χ1) is 7.68. The molecule has 16 heavy (non-hydrogen) atoms. The second-order valence-electron chi connectivity index (χ2n) is 3.86. The van der Waals surface area contributed by atoms with Crippen molar-refractivity contribution in [3.05, 3.63) is 77.9 Å². The Kier molecular flexibility index (Phi) is 5.07. The Bertz CT molecular complexity index is 417. The van der Waals surface area contributed by atoms with Gasteiger partial charge in [0.2, 0.25) is 0 Å². The third-order valence-electron chi connectivity index (χ3n) is 2.04. The molecule has 0 nitrogen and oxygen atoms in total. The molecule has 0 aliphatic carbocycles. The predicted octanol–water partition coefficient (Wildman–Crippen LogP) is 4.78. The molecule has 0 N–H and O–H groups in total. The van der Waals surface area contributed by atoms with Crippen LogP contribution in [0.1, 0.15) is 19.4 Å². The highest BCUT2D eigenvalue weighted by Gasteiger charge is 1.85. The van der Waals surface area contributed by atoms with Gasteiger partial charge in [-0.3, -0.25) is 0 Å². The van der Waals surface area contributed by atoms with Gasteiger partial charge in [0.05, 0.1) is 0 Å². The molecular weight excluding hydrogens is 192 g/mol. The molecule has 1 rings (SSSR count). The first-order valence-corrected chi connectivity index (χ1v) is 5.42. The molecule has 0 saturated carbocycles. The largest absolute Gasteiger partial charge is 0.0961 e. The minimum atomic E-state index is 1.06. The summed E-state index contributed by atoms with van der Waals surface area (Å²) >= 11 is 0. The fourth-order valence-corrected chi connectivity index (χ4v) is 1.29. The Balaban J connectivity index is 2.62. The topological polar surface area (TPSA) is 0 Å². The van der Waals surface area contributed by atoms with Gasteiger partial charge < -0.3 is 0 Å². The minimum absolute atomic E-state index is 1.06. The zero-order valence-corrected chi connectivity index (χ0v) is 9.98. The molecule has 0 spiro atoms. The molecule has 1 aromatic carbocycles. The van der Waals surface area contributed by atoms with Gasteiger partial charge in [0.25, 0.3) is 0 Å². The molecule has 0 heteroatoms. The first-order valence-electron chi connectivity index (χ1n) is 5.42. The summed E-state index contributed by atoms with van der Waals surface area (Å²) in [7, 11) is 0. The van der Waals surface area contributed by atoms with Crippen LogP contribution in [0, 0.1) is 0 Å². The van der Waals surface area contributed by atoms with Crippen LogP contribution < -0.4 is 0 Å². The third kappa shape index (κ3) is 5.16. The maximum absolute atomic E-state index is 3.80. The van der Waals surface area contributed by atoms with Crippen molar-refractivity contribution in [1.82, 2.24) is 0 Å². The third-order valence-corrected chi connectivity index (χ3v) is 2.04. The summed E-state index contributed by atoms with van der Waals surface area (Å²) in [5.41, 5.74) is 3.53. The molecule has 0 fully saturated rings. The lowest BCUT2D eigenvalue weighted by Crippen LogP contribution is -1.72. The zero-order chi connectivity index (χ0) is 11.8. The van der Waals surface area contributed by atoms with Crippen LogP contribution in [0.5, 0.6) is 0 Å². The number of hydrogen-bond acceptors (Lipinski definition) is 0. The fourth-order valence-electron chi connectivity index (χ4n) is 1.29. The van der Waals surface area contributed by atoms with E-state index in [1.807, 2.05) is 43.4 Å². The van der Waals surface area contributed by atoms with Crippen molar-refractivity contribution in [1.29, 1.82) is 0 Å². The highest BCUT2D eigenvalue weighted by atomic mass is 13.9. The molecule has 0 heterocycles. The lowest BCUT2D eigenvalue weighted by molar-refractivity contribution is 1.53. The van der Waals surface area contributed by atoms with Crippen molar-refractivity contribution >= 4 is 6.08 Å². The van der Waals surface area contributed by atoms with E-state index in [4.69, 9.17) is 0 Å². The summed E-state index contributed by atoms with van der Waals surface area (Å²) in [5.74, 6) is 0. The van der Waals surface area contributed by atoms with Gasteiger partial charge in [-0.1, -0.05) is 78.4 Å². The number of benzene rings is 1. The Morgan fingerprint density at radius 2 is 1.62 bits per heavy atom. The van der Waals surface area contributed by atoms with Gasteiger partial charge in [0.1, 0.15) is 0 Å². The summed E-state index contributed by atoms with van der Waals surface area (Å²) in [6, 6.07) is 10.3. The molecule has 1 aromatic rings. The van der Waals surface area contributed by atoms with E-state index < -0.39 is 0 Å². The number of rotatable bonds is 4. The molecule has 0 bridgehead atoms. The molecule has 0 aromatic heterocycles. The van der Waals surface area contributed by atoms with Crippen molar-refractivity contribution in [2.45, 2.75) is 13.8 Å². The van der Waals surface area contributed by atoms with Gasteiger partial charge in [0.15, 0.2) is 0 Å². The van der Waals surface area contributed by atoms with E-state index in [-0.39, 0.29) is 0 Å². The molecule has 0 atom stereocenters. The fraction of sp³-hybridized carbons (Fsp3) is 0.125. The average molecular weight is 210 g/mol. The Morgan fingerprint density at radius 1 is 1.00 bits per heavy atom. The molecule has 82 valence electrons. The average Bonchev–Trinajstić information content (AvgIpc) is 2.25. The molecule has 0 saturated heterocycles. The highest BCUT2D eigenvalue weighted by molar-refractivity contribution is 5.55. The molecule has 0 unspecified atom stereocenters. The summed E-state index contributed by atoms with van der Waals surface area (Å²) in [6.07, 6.45) is 10.3. The maximum Gasteiger partial charge on any atom is -0.0254 e. The second-order valence-corrected chi connectivity index (χ2v) is 3.86. The highest BCUT2D eigenvalue weighted by Crippen LogP contribution is 2.06. The van der Waals surface area contributed by atoms with Crippen molar-refractivity contribution in [2.75, 3.05) is 0 Å². The Morgan fingerprint density at radius 3 is 2.25 bits per heavy atom. The van der Waals surface area contributed by atoms with Crippen LogP contribution in [0.4, 0.5) is 0 Å². The van der Waals surface area contributed by atoms with Crippen LogP contribution in [0.2, 0.25) is 0 Å². The van der Waals surface area contributed by atoms with E-state index in [1.54, 1.807) is 0 Å². The van der Waals surface area contributed by atoms with E-state index in [0.29, 0.717) is 0 Å². The summed E-state index contributed by atoms with van der Waals surface area (Å²) in [4.78, 5) is 0. The van der Waals surface area contributed by atoms with Crippen molar-refractivity contribution in [2.24, 2.45) is 0 Å². The van der Waals surface area contributed by atoms with Crippen molar-refractivity contribution < 1.29 is 0 Å². The van der Waals surface area contributed by atoms with E-state index in [0.717, 1.165) is 5.57 Å². The van der Waals surface area contributed by atoms with E-state index in [1.165, 1.54) is 11.1 Å². The summed E-state index contributed by atoms with van der Waals surface area (Å²) in [5, 5.41) is 0. The molecule has 0 aliphatic rings. The summed E-state index contributed by atoms with van der Waals surface area (Å²) in [6.45, 7) is 7.88. The van der Waals surface area contributed by atoms with Gasteiger partial charge in [0, 0.05) is 0 Å². The number of hydrogen-bond donors (Lipinski definition) is 0. The zero-order valence-electron chi connectivity index (χ0n) is 9.98. The lowest BCUT2D eigenvalue weighted by atomic mass is 10.1. The standard InChI is InChI=1S/C16H18/c1-14(2)9-7-8-10-15(3)13-16-11-5-4-6-12-16/h4-13H,1H2,2-3H3/b9-7+,10-8+,15-13+. The minimum Gasteiger partial charge on any atom is -0.0961 e. The van der Waals surface area contributed by atoms with E-state index in [2.05, 4.69) is 37.8 Å². The van der Waals surface area contributed by atoms with Crippen molar-refractivity contribution in [3.8, 4) is 0 Å². The van der Waals surface area contributed by atoms with Crippen LogP contribution in [0.15, 0.2) is 72.4 Å². The second kappa shape index (κ2) is 6.62. The van der Waals surface area contributed by atoms with Crippen LogP contribution >= 0.6 is 0 Å². The molecule has 0 radical (unpaired) electrons. The SMILES string of the molecule is C=C(C)/C=C/C=C/C(C)=C/c1ccccc1. The van der Waals surface area contributed by atoms with Crippen molar-refractivity contribution in [3.63, 3.8) is 0 Å². The normalized spacial score (nSPS) is 12.5. The smallest absolute Gasteiger partial charge is 0.0254 e. The maximum atomic E-state index is 3.80. The van der Waals surface area contributed by atoms with Crippen LogP contribution in [0.3, 0.4) is 0 Å². The summed E-state index contributed by atoms with van der Waals surface area (Å²) < 4.78 is 0. The lowest BCUT2D eigenvalue weighted by Gasteiger charge is -1.93. The van der Waals surface area contributed by atoms with Gasteiger partial charge in [-0.2, -0.15) is 0 Å². The first kappa shape index (κ1) is 12.3. The van der Waals surface area contributed by atoms with E-state index >= 15 is 0 Å². The van der Waals surface area contributed by atoms with Crippen LogP contribution in [-0.2, 0) is 0 Å². The van der Waals surface area contributed by atoms with Gasteiger partial charge in [-0.25, -0.2) is 0 Å². The monoisotopic (exact) mass is 210 g/mol. The van der Waals surface area contributed by atoms with Gasteiger partial charge in [-0.15, -0.1) is 0 Å². The molecular formula is C16H18. The molecule has 0 aliphatic heterocycles. The van der Waals surface area contributed by atoms with Gasteiger partial charge >= 0.3 is 0 Å². The predicted molar refractivity (Wildman–Crippen MR) is 73.2 cm³/mol. The number of allylic oxidation sites excluding steroid dienone is 6. The Hall–Kier alpha value is -1.82.